The molecule has 26 heavy (non-hydrogen) atoms. The molecule has 0 fully saturated rings. The number of rotatable bonds is 0. The summed E-state index contributed by atoms with van der Waals surface area (Å²) in [5.74, 6) is 0. The van der Waals surface area contributed by atoms with Crippen LogP contribution in [0, 0.1) is 0 Å². The van der Waals surface area contributed by atoms with E-state index in [0.29, 0.717) is 0 Å². The highest BCUT2D eigenvalue weighted by atomic mass is 14.1. The zero-order valence-corrected chi connectivity index (χ0v) is 14.2. The highest BCUT2D eigenvalue weighted by Gasteiger charge is 2.10. The Morgan fingerprint density at radius 1 is 0.269 bits per heavy atom. The van der Waals surface area contributed by atoms with E-state index in [0.717, 1.165) is 0 Å². The van der Waals surface area contributed by atoms with E-state index in [1.165, 1.54) is 53.9 Å². The van der Waals surface area contributed by atoms with Crippen LogP contribution in [0.3, 0.4) is 0 Å². The Bertz CT molecular complexity index is 1350. The molecule has 0 unspecified atom stereocenters. The molecule has 120 valence electrons. The van der Waals surface area contributed by atoms with Gasteiger partial charge in [-0.05, 0) is 53.9 Å². The Kier molecular flexibility index (Phi) is 2.70. The van der Waals surface area contributed by atoms with Crippen LogP contribution < -0.4 is 0 Å². The molecule has 0 aliphatic rings. The highest BCUT2D eigenvalue weighted by molar-refractivity contribution is 6.31. The smallest absolute Gasteiger partial charge is 0.00143 e. The van der Waals surface area contributed by atoms with Crippen LogP contribution in [0.5, 0.6) is 0 Å². The highest BCUT2D eigenvalue weighted by Crippen LogP contribution is 2.39. The molecule has 0 atom stereocenters. The van der Waals surface area contributed by atoms with E-state index < -0.39 is 0 Å². The van der Waals surface area contributed by atoms with Crippen LogP contribution in [0.2, 0.25) is 0 Å². The first kappa shape index (κ1) is 13.9. The normalized spacial score (nSPS) is 11.8. The minimum Gasteiger partial charge on any atom is -0.0616 e. The van der Waals surface area contributed by atoms with Crippen molar-refractivity contribution >= 4 is 53.9 Å². The third kappa shape index (κ3) is 1.79. The summed E-state index contributed by atoms with van der Waals surface area (Å²) in [7, 11) is 0. The Morgan fingerprint density at radius 2 is 0.615 bits per heavy atom. The third-order valence-electron chi connectivity index (χ3n) is 5.60. The van der Waals surface area contributed by atoms with Gasteiger partial charge in [0, 0.05) is 0 Å². The maximum atomic E-state index is 2.26. The van der Waals surface area contributed by atoms with Crippen LogP contribution in [-0.2, 0) is 0 Å². The predicted molar refractivity (Wildman–Crippen MR) is 114 cm³/mol. The van der Waals surface area contributed by atoms with Crippen molar-refractivity contribution in [2.75, 3.05) is 0 Å². The molecule has 0 nitrogen and oxygen atoms in total. The van der Waals surface area contributed by atoms with Gasteiger partial charge in [-0.3, -0.25) is 0 Å². The molecule has 0 N–H and O–H groups in total. The van der Waals surface area contributed by atoms with E-state index >= 15 is 0 Å². The second kappa shape index (κ2) is 5.06. The van der Waals surface area contributed by atoms with Crippen molar-refractivity contribution in [2.24, 2.45) is 0 Å². The maximum Gasteiger partial charge on any atom is -0.00143 e. The molecule has 6 rings (SSSR count). The Morgan fingerprint density at radius 3 is 1.08 bits per heavy atom. The Hall–Kier alpha value is -3.38. The van der Waals surface area contributed by atoms with Gasteiger partial charge in [-0.25, -0.2) is 0 Å². The summed E-state index contributed by atoms with van der Waals surface area (Å²) in [5, 5.41) is 13.3. The number of benzene rings is 6. The molecule has 0 radical (unpaired) electrons. The van der Waals surface area contributed by atoms with Gasteiger partial charge < -0.3 is 0 Å². The predicted octanol–water partition coefficient (Wildman–Crippen LogP) is 7.45. The SMILES string of the molecule is c1ccc2c(c1)ccc1ccc3ccc4ccc5ccccc5c4c3c12. The first-order valence-electron chi connectivity index (χ1n) is 9.05. The third-order valence-corrected chi connectivity index (χ3v) is 5.60. The van der Waals surface area contributed by atoms with Crippen molar-refractivity contribution in [3.8, 4) is 0 Å². The number of hydrogen-bond donors (Lipinski definition) is 0. The maximum absolute atomic E-state index is 2.26. The lowest BCUT2D eigenvalue weighted by molar-refractivity contribution is 1.78. The van der Waals surface area contributed by atoms with Gasteiger partial charge >= 0.3 is 0 Å². The molecule has 0 heteroatoms. The van der Waals surface area contributed by atoms with Crippen LogP contribution >= 0.6 is 0 Å². The first-order chi connectivity index (χ1) is 12.9. The lowest BCUT2D eigenvalue weighted by atomic mass is 9.91. The lowest BCUT2D eigenvalue weighted by Gasteiger charge is -2.13. The molecule has 0 amide bonds. The molecule has 0 bridgehead atoms. The Balaban J connectivity index is 2.03. The van der Waals surface area contributed by atoms with Crippen LogP contribution in [0.4, 0.5) is 0 Å². The van der Waals surface area contributed by atoms with E-state index in [1.54, 1.807) is 0 Å². The molecule has 0 aliphatic heterocycles. The van der Waals surface area contributed by atoms with Gasteiger partial charge in [0.1, 0.15) is 0 Å². The van der Waals surface area contributed by atoms with Gasteiger partial charge in [0.25, 0.3) is 0 Å². The Labute approximate surface area is 151 Å². The largest absolute Gasteiger partial charge is 0.0616 e. The quantitative estimate of drug-likeness (QED) is 0.254. The van der Waals surface area contributed by atoms with Crippen LogP contribution in [-0.4, -0.2) is 0 Å². The van der Waals surface area contributed by atoms with Crippen molar-refractivity contribution in [1.82, 2.24) is 0 Å². The van der Waals surface area contributed by atoms with E-state index in [2.05, 4.69) is 97.1 Å². The van der Waals surface area contributed by atoms with Gasteiger partial charge in [-0.1, -0.05) is 97.1 Å². The van der Waals surface area contributed by atoms with Gasteiger partial charge in [-0.15, -0.1) is 0 Å². The monoisotopic (exact) mass is 328 g/mol. The fourth-order valence-corrected chi connectivity index (χ4v) is 4.41. The molecule has 0 aromatic heterocycles. The molecule has 6 aromatic rings. The van der Waals surface area contributed by atoms with Gasteiger partial charge in [0.15, 0.2) is 0 Å². The van der Waals surface area contributed by atoms with Crippen LogP contribution in [0.25, 0.3) is 53.9 Å². The molecule has 0 heterocycles. The summed E-state index contributed by atoms with van der Waals surface area (Å²) in [6, 6.07) is 35.4. The summed E-state index contributed by atoms with van der Waals surface area (Å²) in [4.78, 5) is 0. The van der Waals surface area contributed by atoms with Crippen LogP contribution in [0.15, 0.2) is 97.1 Å². The minimum atomic E-state index is 1.30. The fraction of sp³-hybridized carbons (Fsp3) is 0. The van der Waals surface area contributed by atoms with E-state index in [4.69, 9.17) is 0 Å². The first-order valence-corrected chi connectivity index (χ1v) is 9.05. The zero-order valence-electron chi connectivity index (χ0n) is 14.2. The van der Waals surface area contributed by atoms with Crippen LogP contribution in [0.1, 0.15) is 0 Å². The van der Waals surface area contributed by atoms with E-state index in [1.807, 2.05) is 0 Å². The molecule has 0 aliphatic carbocycles. The molecule has 0 saturated heterocycles. The van der Waals surface area contributed by atoms with Crippen molar-refractivity contribution < 1.29 is 0 Å². The van der Waals surface area contributed by atoms with E-state index in [-0.39, 0.29) is 0 Å². The molecular formula is C26H16. The summed E-state index contributed by atoms with van der Waals surface area (Å²) in [6.07, 6.45) is 0. The van der Waals surface area contributed by atoms with Crippen molar-refractivity contribution in [3.63, 3.8) is 0 Å². The fourth-order valence-electron chi connectivity index (χ4n) is 4.41. The van der Waals surface area contributed by atoms with Gasteiger partial charge in [-0.2, -0.15) is 0 Å². The minimum absolute atomic E-state index is 1.30. The van der Waals surface area contributed by atoms with Gasteiger partial charge in [0.2, 0.25) is 0 Å². The second-order valence-corrected chi connectivity index (χ2v) is 7.00. The molecule has 0 spiro atoms. The average Bonchev–Trinajstić information content (AvgIpc) is 2.72. The molecule has 6 aromatic carbocycles. The summed E-state index contributed by atoms with van der Waals surface area (Å²) in [5.41, 5.74) is 0. The molecular weight excluding hydrogens is 312 g/mol. The topological polar surface area (TPSA) is 0 Å². The van der Waals surface area contributed by atoms with Gasteiger partial charge in [0.05, 0.1) is 0 Å². The van der Waals surface area contributed by atoms with E-state index in [9.17, 15) is 0 Å². The summed E-state index contributed by atoms with van der Waals surface area (Å²) < 4.78 is 0. The van der Waals surface area contributed by atoms with Crippen molar-refractivity contribution in [3.05, 3.63) is 97.1 Å². The zero-order chi connectivity index (χ0) is 17.1. The second-order valence-electron chi connectivity index (χ2n) is 7.00. The van der Waals surface area contributed by atoms with Crippen molar-refractivity contribution in [1.29, 1.82) is 0 Å². The lowest BCUT2D eigenvalue weighted by Crippen LogP contribution is -1.85. The van der Waals surface area contributed by atoms with Crippen molar-refractivity contribution in [2.45, 2.75) is 0 Å². The summed E-state index contributed by atoms with van der Waals surface area (Å²) >= 11 is 0. The molecule has 0 saturated carbocycles. The average molecular weight is 328 g/mol. The standard InChI is InChI=1S/C26H16/c1-3-7-22-17(5-1)9-11-19-13-15-21-16-14-20-12-10-18-6-2-4-8-23(18)25(20)26(21)24(19)22/h1-16H. The summed E-state index contributed by atoms with van der Waals surface area (Å²) in [6.45, 7) is 0. The number of hydrogen-bond acceptors (Lipinski definition) is 0. The number of fused-ring (bicyclic) bond motifs is 9.